The third-order valence-electron chi connectivity index (χ3n) is 4.80. The van der Waals surface area contributed by atoms with Gasteiger partial charge in [-0.15, -0.1) is 0 Å². The molecule has 0 fully saturated rings. The van der Waals surface area contributed by atoms with E-state index in [1.165, 1.54) is 0 Å². The van der Waals surface area contributed by atoms with E-state index >= 15 is 0 Å². The summed E-state index contributed by atoms with van der Waals surface area (Å²) in [6.45, 7) is 4.67. The monoisotopic (exact) mass is 385 g/mol. The normalized spacial score (nSPS) is 16.2. The molecule has 0 saturated heterocycles. The van der Waals surface area contributed by atoms with Crippen molar-refractivity contribution in [2.45, 2.75) is 26.6 Å². The van der Waals surface area contributed by atoms with Gasteiger partial charge in [0.25, 0.3) is 0 Å². The van der Waals surface area contributed by atoms with E-state index in [4.69, 9.17) is 16.6 Å². The third-order valence-corrected chi connectivity index (χ3v) is 4.99. The molecule has 6 heteroatoms. The molecule has 1 aromatic heterocycles. The highest BCUT2D eigenvalue weighted by Gasteiger charge is 2.27. The molecule has 1 unspecified atom stereocenters. The van der Waals surface area contributed by atoms with Crippen LogP contribution in [0.2, 0.25) is 5.15 Å². The first-order valence-corrected chi connectivity index (χ1v) is 9.15. The molecule has 0 spiro atoms. The molecule has 0 radical (unpaired) electrons. The largest absolute Gasteiger partial charge is 0.345 e. The van der Waals surface area contributed by atoms with Crippen molar-refractivity contribution in [3.8, 4) is 0 Å². The molecule has 0 saturated carbocycles. The zero-order valence-electron chi connectivity index (χ0n) is 15.0. The zero-order chi connectivity index (χ0) is 19.1. The van der Waals surface area contributed by atoms with Gasteiger partial charge in [-0.05, 0) is 35.7 Å². The summed E-state index contributed by atoms with van der Waals surface area (Å²) in [5.41, 5.74) is 2.81. The average molecular weight is 386 g/mol. The van der Waals surface area contributed by atoms with E-state index < -0.39 is 11.6 Å². The fourth-order valence-electron chi connectivity index (χ4n) is 3.53. The van der Waals surface area contributed by atoms with Gasteiger partial charge in [-0.3, -0.25) is 4.99 Å². The molecule has 27 heavy (non-hydrogen) atoms. The summed E-state index contributed by atoms with van der Waals surface area (Å²) in [5.74, 6) is -1.64. The molecule has 138 valence electrons. The van der Waals surface area contributed by atoms with Crippen molar-refractivity contribution >= 4 is 34.4 Å². The second-order valence-electron chi connectivity index (χ2n) is 6.98. The molecule has 3 nitrogen and oxygen atoms in total. The van der Waals surface area contributed by atoms with Crippen molar-refractivity contribution in [3.05, 3.63) is 70.4 Å². The molecule has 3 aromatic rings. The minimum atomic E-state index is -0.978. The van der Waals surface area contributed by atoms with Gasteiger partial charge in [-0.2, -0.15) is 0 Å². The third kappa shape index (κ3) is 3.16. The molecule has 2 aromatic carbocycles. The van der Waals surface area contributed by atoms with Gasteiger partial charge < -0.3 is 4.90 Å². The van der Waals surface area contributed by atoms with Crippen LogP contribution >= 0.6 is 11.6 Å². The summed E-state index contributed by atoms with van der Waals surface area (Å²) in [4.78, 5) is 10.9. The van der Waals surface area contributed by atoms with Crippen molar-refractivity contribution in [1.82, 2.24) is 4.98 Å². The Bertz CT molecular complexity index is 1050. The molecule has 0 bridgehead atoms. The van der Waals surface area contributed by atoms with Gasteiger partial charge >= 0.3 is 0 Å². The lowest BCUT2D eigenvalue weighted by Crippen LogP contribution is -2.40. The lowest BCUT2D eigenvalue weighted by Gasteiger charge is -2.37. The Morgan fingerprint density at radius 1 is 1.15 bits per heavy atom. The smallest absolute Gasteiger partial charge is 0.185 e. The molecule has 0 amide bonds. The van der Waals surface area contributed by atoms with E-state index in [9.17, 15) is 8.78 Å². The molecular formula is C21H18ClF2N3. The van der Waals surface area contributed by atoms with Gasteiger partial charge in [0.05, 0.1) is 0 Å². The van der Waals surface area contributed by atoms with Gasteiger partial charge in [0.2, 0.25) is 0 Å². The maximum atomic E-state index is 14.2. The summed E-state index contributed by atoms with van der Waals surface area (Å²) >= 11 is 6.12. The Hall–Kier alpha value is -2.53. The van der Waals surface area contributed by atoms with Crippen molar-refractivity contribution in [3.63, 3.8) is 0 Å². The number of hydrogen-bond donors (Lipinski definition) is 0. The first-order chi connectivity index (χ1) is 13.0. The van der Waals surface area contributed by atoms with Gasteiger partial charge in [-0.1, -0.05) is 43.6 Å². The number of pyridine rings is 1. The van der Waals surface area contributed by atoms with Gasteiger partial charge in [0.1, 0.15) is 16.8 Å². The van der Waals surface area contributed by atoms with Gasteiger partial charge in [0, 0.05) is 29.4 Å². The SMILES string of the molecule is CC(C)C1N=Cc2ccccc2N1Cc1cc(Cl)nc2c(F)c(F)ccc12. The van der Waals surface area contributed by atoms with Crippen LogP contribution in [-0.2, 0) is 6.54 Å². The van der Waals surface area contributed by atoms with Crippen LogP contribution < -0.4 is 4.90 Å². The molecule has 2 heterocycles. The molecule has 4 rings (SSSR count). The van der Waals surface area contributed by atoms with E-state index in [0.717, 1.165) is 22.9 Å². The fourth-order valence-corrected chi connectivity index (χ4v) is 3.75. The molecule has 1 atom stereocenters. The number of fused-ring (bicyclic) bond motifs is 2. The standard InChI is InChI=1S/C21H18ClF2N3/c1-12(2)21-25-10-13-5-3-4-6-17(13)27(21)11-14-9-18(22)26-20-15(14)7-8-16(23)19(20)24/h3-10,12,21H,11H2,1-2H3. The molecule has 0 aliphatic carbocycles. The van der Waals surface area contributed by atoms with Crippen LogP contribution in [-0.4, -0.2) is 17.4 Å². The van der Waals surface area contributed by atoms with E-state index in [2.05, 4.69) is 23.7 Å². The van der Waals surface area contributed by atoms with E-state index in [1.807, 2.05) is 30.5 Å². The van der Waals surface area contributed by atoms with Gasteiger partial charge in [-0.25, -0.2) is 13.8 Å². The van der Waals surface area contributed by atoms with E-state index in [0.29, 0.717) is 11.9 Å². The number of hydrogen-bond acceptors (Lipinski definition) is 3. The Kier molecular flexibility index (Phi) is 4.56. The number of aromatic nitrogens is 1. The second kappa shape index (κ2) is 6.89. The number of anilines is 1. The lowest BCUT2D eigenvalue weighted by atomic mass is 10.0. The summed E-state index contributed by atoms with van der Waals surface area (Å²) in [6.07, 6.45) is 1.83. The highest BCUT2D eigenvalue weighted by atomic mass is 35.5. The second-order valence-corrected chi connectivity index (χ2v) is 7.37. The van der Waals surface area contributed by atoms with Crippen LogP contribution in [0.1, 0.15) is 25.0 Å². The summed E-state index contributed by atoms with van der Waals surface area (Å²) < 4.78 is 27.9. The van der Waals surface area contributed by atoms with Crippen LogP contribution in [0.25, 0.3) is 10.9 Å². The van der Waals surface area contributed by atoms with Gasteiger partial charge in [0.15, 0.2) is 11.6 Å². The maximum absolute atomic E-state index is 14.2. The number of para-hydroxylation sites is 1. The van der Waals surface area contributed by atoms with Crippen molar-refractivity contribution in [2.75, 3.05) is 4.90 Å². The van der Waals surface area contributed by atoms with Crippen LogP contribution in [0.3, 0.4) is 0 Å². The Labute approximate surface area is 161 Å². The predicted molar refractivity (Wildman–Crippen MR) is 106 cm³/mol. The summed E-state index contributed by atoms with van der Waals surface area (Å²) in [5, 5.41) is 0.685. The van der Waals surface area contributed by atoms with Crippen LogP contribution in [0.5, 0.6) is 0 Å². The molecule has 0 N–H and O–H groups in total. The maximum Gasteiger partial charge on any atom is 0.185 e. The number of benzene rings is 2. The predicted octanol–water partition coefficient (Wildman–Crippen LogP) is 5.59. The van der Waals surface area contributed by atoms with Crippen LogP contribution in [0.15, 0.2) is 47.5 Å². The molecule has 1 aliphatic heterocycles. The minimum absolute atomic E-state index is 0.0487. The molecule has 1 aliphatic rings. The van der Waals surface area contributed by atoms with Crippen molar-refractivity contribution < 1.29 is 8.78 Å². The molecular weight excluding hydrogens is 368 g/mol. The zero-order valence-corrected chi connectivity index (χ0v) is 15.7. The Morgan fingerprint density at radius 2 is 1.93 bits per heavy atom. The first kappa shape index (κ1) is 17.9. The quantitative estimate of drug-likeness (QED) is 0.550. The minimum Gasteiger partial charge on any atom is -0.345 e. The Balaban J connectivity index is 1.85. The average Bonchev–Trinajstić information content (AvgIpc) is 2.65. The number of aliphatic imine (C=N–C) groups is 1. The number of halogens is 3. The lowest BCUT2D eigenvalue weighted by molar-refractivity contribution is 0.464. The number of rotatable bonds is 3. The number of nitrogens with zero attached hydrogens (tertiary/aromatic N) is 3. The Morgan fingerprint density at radius 3 is 2.70 bits per heavy atom. The summed E-state index contributed by atoms with van der Waals surface area (Å²) in [7, 11) is 0. The first-order valence-electron chi connectivity index (χ1n) is 8.77. The van der Waals surface area contributed by atoms with Crippen LogP contribution in [0.4, 0.5) is 14.5 Å². The summed E-state index contributed by atoms with van der Waals surface area (Å²) in [6, 6.07) is 12.4. The highest BCUT2D eigenvalue weighted by Crippen LogP contribution is 2.33. The van der Waals surface area contributed by atoms with Crippen LogP contribution in [0, 0.1) is 17.6 Å². The van der Waals surface area contributed by atoms with Crippen molar-refractivity contribution in [1.29, 1.82) is 0 Å². The topological polar surface area (TPSA) is 28.5 Å². The van der Waals surface area contributed by atoms with E-state index in [-0.39, 0.29) is 22.8 Å². The van der Waals surface area contributed by atoms with Crippen molar-refractivity contribution in [2.24, 2.45) is 10.9 Å². The highest BCUT2D eigenvalue weighted by molar-refractivity contribution is 6.30. The van der Waals surface area contributed by atoms with E-state index in [1.54, 1.807) is 12.1 Å². The fraction of sp³-hybridized carbons (Fsp3) is 0.238.